The van der Waals surface area contributed by atoms with Gasteiger partial charge in [0.05, 0.1) is 0 Å². The van der Waals surface area contributed by atoms with Gasteiger partial charge in [-0.3, -0.25) is 0 Å². The van der Waals surface area contributed by atoms with Crippen LogP contribution in [0.3, 0.4) is 0 Å². The van der Waals surface area contributed by atoms with Gasteiger partial charge in [-0.15, -0.1) is 0 Å². The number of hydrogen-bond acceptors (Lipinski definition) is 0. The van der Waals surface area contributed by atoms with Gasteiger partial charge >= 0.3 is 0 Å². The summed E-state index contributed by atoms with van der Waals surface area (Å²) in [4.78, 5) is 0. The van der Waals surface area contributed by atoms with Crippen LogP contribution in [0.4, 0.5) is 0 Å². The molecule has 0 saturated carbocycles. The van der Waals surface area contributed by atoms with E-state index in [1.807, 2.05) is 0 Å². The monoisotopic (exact) mass is 161 g/mol. The van der Waals surface area contributed by atoms with Crippen LogP contribution >= 0.6 is 0 Å². The minimum Gasteiger partial charge on any atom is -0.0654 e. The van der Waals surface area contributed by atoms with E-state index in [0.29, 0.717) is 0 Å². The summed E-state index contributed by atoms with van der Waals surface area (Å²) in [5.41, 5.74) is 2.78. The average molecular weight is 161 g/mol. The van der Waals surface area contributed by atoms with Crippen LogP contribution in [-0.2, 0) is 12.8 Å². The fourth-order valence-electron chi connectivity index (χ4n) is 1.25. The van der Waals surface area contributed by atoms with Crippen molar-refractivity contribution in [3.63, 3.8) is 0 Å². The van der Waals surface area contributed by atoms with Gasteiger partial charge in [0.2, 0.25) is 0 Å². The van der Waals surface area contributed by atoms with Crippen molar-refractivity contribution in [2.24, 2.45) is 0 Å². The van der Waals surface area contributed by atoms with Crippen molar-refractivity contribution < 1.29 is 0 Å². The SMILES string of the molecule is [CH2]Cc1ccc(CCCC)cc1. The lowest BCUT2D eigenvalue weighted by molar-refractivity contribution is 0.795. The maximum absolute atomic E-state index is 3.85. The zero-order valence-corrected chi connectivity index (χ0v) is 7.84. The third-order valence-corrected chi connectivity index (χ3v) is 2.13. The topological polar surface area (TPSA) is 0 Å². The Bertz CT molecular complexity index is 208. The molecule has 0 saturated heterocycles. The highest BCUT2D eigenvalue weighted by Gasteiger charge is 1.92. The van der Waals surface area contributed by atoms with Crippen molar-refractivity contribution in [3.8, 4) is 0 Å². The van der Waals surface area contributed by atoms with Crippen LogP contribution in [-0.4, -0.2) is 0 Å². The van der Waals surface area contributed by atoms with Gasteiger partial charge in [0, 0.05) is 0 Å². The third-order valence-electron chi connectivity index (χ3n) is 2.13. The Hall–Kier alpha value is -0.780. The minimum absolute atomic E-state index is 0.897. The smallest absolute Gasteiger partial charge is 0.0279 e. The molecule has 0 aromatic heterocycles. The zero-order chi connectivity index (χ0) is 8.81. The summed E-state index contributed by atoms with van der Waals surface area (Å²) in [5.74, 6) is 0. The quantitative estimate of drug-likeness (QED) is 0.635. The third kappa shape index (κ3) is 2.69. The van der Waals surface area contributed by atoms with Gasteiger partial charge < -0.3 is 0 Å². The van der Waals surface area contributed by atoms with Gasteiger partial charge in [-0.05, 0) is 37.3 Å². The van der Waals surface area contributed by atoms with E-state index in [4.69, 9.17) is 0 Å². The molecule has 1 rings (SSSR count). The van der Waals surface area contributed by atoms with E-state index < -0.39 is 0 Å². The minimum atomic E-state index is 0.897. The van der Waals surface area contributed by atoms with Gasteiger partial charge in [-0.1, -0.05) is 37.6 Å². The highest BCUT2D eigenvalue weighted by atomic mass is 14.0. The van der Waals surface area contributed by atoms with Crippen LogP contribution in [0.25, 0.3) is 0 Å². The summed E-state index contributed by atoms with van der Waals surface area (Å²) in [6, 6.07) is 8.79. The maximum atomic E-state index is 3.85. The number of unbranched alkanes of at least 4 members (excludes halogenated alkanes) is 1. The summed E-state index contributed by atoms with van der Waals surface area (Å²) in [7, 11) is 0. The Kier molecular flexibility index (Phi) is 3.86. The molecule has 0 heteroatoms. The second kappa shape index (κ2) is 4.97. The van der Waals surface area contributed by atoms with Gasteiger partial charge in [-0.2, -0.15) is 0 Å². The van der Waals surface area contributed by atoms with Gasteiger partial charge in [-0.25, -0.2) is 0 Å². The van der Waals surface area contributed by atoms with E-state index in [-0.39, 0.29) is 0 Å². The van der Waals surface area contributed by atoms with Crippen molar-refractivity contribution in [3.05, 3.63) is 42.3 Å². The van der Waals surface area contributed by atoms with Crippen molar-refractivity contribution in [2.75, 3.05) is 0 Å². The Labute approximate surface area is 75.6 Å². The molecule has 1 aromatic carbocycles. The Morgan fingerprint density at radius 1 is 1.08 bits per heavy atom. The van der Waals surface area contributed by atoms with E-state index >= 15 is 0 Å². The number of benzene rings is 1. The second-order valence-corrected chi connectivity index (χ2v) is 3.17. The lowest BCUT2D eigenvalue weighted by atomic mass is 10.1. The fourth-order valence-corrected chi connectivity index (χ4v) is 1.25. The van der Waals surface area contributed by atoms with E-state index in [1.54, 1.807) is 0 Å². The van der Waals surface area contributed by atoms with E-state index in [2.05, 4.69) is 38.1 Å². The van der Waals surface area contributed by atoms with Gasteiger partial charge in [0.25, 0.3) is 0 Å². The summed E-state index contributed by atoms with van der Waals surface area (Å²) in [6.45, 7) is 6.07. The van der Waals surface area contributed by atoms with Crippen molar-refractivity contribution in [1.82, 2.24) is 0 Å². The van der Waals surface area contributed by atoms with Crippen LogP contribution < -0.4 is 0 Å². The van der Waals surface area contributed by atoms with Gasteiger partial charge in [0.15, 0.2) is 0 Å². The molecule has 0 fully saturated rings. The largest absolute Gasteiger partial charge is 0.0654 e. The number of rotatable bonds is 4. The highest BCUT2D eigenvalue weighted by Crippen LogP contribution is 2.07. The molecule has 0 aliphatic carbocycles. The first-order chi connectivity index (χ1) is 5.86. The molecule has 0 unspecified atom stereocenters. The summed E-state index contributed by atoms with van der Waals surface area (Å²) in [6.07, 6.45) is 4.68. The second-order valence-electron chi connectivity index (χ2n) is 3.17. The molecule has 0 nitrogen and oxygen atoms in total. The molecule has 0 spiro atoms. The van der Waals surface area contributed by atoms with E-state index in [0.717, 1.165) is 6.42 Å². The standard InChI is InChI=1S/C12H17/c1-3-5-6-12-9-7-11(4-2)8-10-12/h7-10H,2-6H2,1H3. The van der Waals surface area contributed by atoms with Crippen molar-refractivity contribution >= 4 is 0 Å². The summed E-state index contributed by atoms with van der Waals surface area (Å²) >= 11 is 0. The number of aryl methyl sites for hydroxylation is 1. The maximum Gasteiger partial charge on any atom is -0.0279 e. The van der Waals surface area contributed by atoms with Crippen LogP contribution in [0.1, 0.15) is 30.9 Å². The Morgan fingerprint density at radius 2 is 1.67 bits per heavy atom. The molecular weight excluding hydrogens is 144 g/mol. The van der Waals surface area contributed by atoms with E-state index in [1.165, 1.54) is 30.4 Å². The molecule has 0 aliphatic rings. The van der Waals surface area contributed by atoms with Crippen LogP contribution in [0.5, 0.6) is 0 Å². The predicted molar refractivity (Wildman–Crippen MR) is 54.1 cm³/mol. The van der Waals surface area contributed by atoms with Crippen molar-refractivity contribution in [2.45, 2.75) is 32.6 Å². The summed E-state index contributed by atoms with van der Waals surface area (Å²) in [5, 5.41) is 0. The zero-order valence-electron chi connectivity index (χ0n) is 7.84. The predicted octanol–water partition coefficient (Wildman–Crippen LogP) is 3.41. The number of hydrogen-bond donors (Lipinski definition) is 0. The first-order valence-corrected chi connectivity index (χ1v) is 4.74. The van der Waals surface area contributed by atoms with Gasteiger partial charge in [0.1, 0.15) is 0 Å². The van der Waals surface area contributed by atoms with Crippen LogP contribution in [0.2, 0.25) is 0 Å². The lowest BCUT2D eigenvalue weighted by Crippen LogP contribution is -1.85. The average Bonchev–Trinajstić information content (AvgIpc) is 2.15. The van der Waals surface area contributed by atoms with Crippen LogP contribution in [0, 0.1) is 6.92 Å². The first-order valence-electron chi connectivity index (χ1n) is 4.74. The summed E-state index contributed by atoms with van der Waals surface area (Å²) < 4.78 is 0. The molecule has 0 heterocycles. The lowest BCUT2D eigenvalue weighted by Gasteiger charge is -2.00. The normalized spacial score (nSPS) is 10.2. The molecule has 1 radical (unpaired) electrons. The van der Waals surface area contributed by atoms with E-state index in [9.17, 15) is 0 Å². The molecule has 0 N–H and O–H groups in total. The molecule has 12 heavy (non-hydrogen) atoms. The molecule has 65 valence electrons. The first kappa shape index (κ1) is 9.31. The molecule has 0 aliphatic heterocycles. The Balaban J connectivity index is 2.53. The molecule has 0 atom stereocenters. The molecule has 0 amide bonds. The van der Waals surface area contributed by atoms with Crippen LogP contribution in [0.15, 0.2) is 24.3 Å². The molecular formula is C12H17. The molecule has 0 bridgehead atoms. The molecule has 1 aromatic rings. The van der Waals surface area contributed by atoms with Crippen molar-refractivity contribution in [1.29, 1.82) is 0 Å². The highest BCUT2D eigenvalue weighted by molar-refractivity contribution is 5.22. The fraction of sp³-hybridized carbons (Fsp3) is 0.417. The Morgan fingerprint density at radius 3 is 2.17 bits per heavy atom.